The van der Waals surface area contributed by atoms with E-state index in [2.05, 4.69) is 14.9 Å². The molecule has 2 fully saturated rings. The summed E-state index contributed by atoms with van der Waals surface area (Å²) < 4.78 is 7.51. The Hall–Kier alpha value is -1.92. The normalized spacial score (nSPS) is 19.4. The summed E-state index contributed by atoms with van der Waals surface area (Å²) in [4.78, 5) is 19.1. The zero-order valence-electron chi connectivity index (χ0n) is 12.5. The van der Waals surface area contributed by atoms with Gasteiger partial charge in [-0.2, -0.15) is 0 Å². The lowest BCUT2D eigenvalue weighted by atomic mass is 10.0. The fourth-order valence-corrected chi connectivity index (χ4v) is 3.12. The lowest BCUT2D eigenvalue weighted by molar-refractivity contribution is 0.0304. The lowest BCUT2D eigenvalue weighted by Gasteiger charge is -2.27. The summed E-state index contributed by atoms with van der Waals surface area (Å²) >= 11 is 0. The molecule has 2 aromatic heterocycles. The van der Waals surface area contributed by atoms with Crippen molar-refractivity contribution < 1.29 is 9.53 Å². The number of fused-ring (bicyclic) bond motifs is 1. The van der Waals surface area contributed by atoms with Crippen LogP contribution in [0, 0.1) is 5.92 Å². The molecule has 0 unspecified atom stereocenters. The maximum absolute atomic E-state index is 12.8. The van der Waals surface area contributed by atoms with E-state index in [4.69, 9.17) is 4.74 Å². The number of rotatable bonds is 3. The maximum atomic E-state index is 12.8. The highest BCUT2D eigenvalue weighted by Gasteiger charge is 2.25. The number of morpholine rings is 1. The van der Waals surface area contributed by atoms with Gasteiger partial charge < -0.3 is 19.5 Å². The van der Waals surface area contributed by atoms with Gasteiger partial charge in [-0.1, -0.05) is 0 Å². The molecule has 0 bridgehead atoms. The van der Waals surface area contributed by atoms with Crippen LogP contribution < -0.4 is 5.32 Å². The van der Waals surface area contributed by atoms with Crippen LogP contribution >= 0.6 is 0 Å². The first-order valence-electron chi connectivity index (χ1n) is 7.84. The Balaban J connectivity index is 1.68. The summed E-state index contributed by atoms with van der Waals surface area (Å²) in [6.45, 7) is 5.58. The Morgan fingerprint density at radius 1 is 1.36 bits per heavy atom. The maximum Gasteiger partial charge on any atom is 0.257 e. The molecule has 6 heteroatoms. The van der Waals surface area contributed by atoms with Gasteiger partial charge in [-0.3, -0.25) is 9.78 Å². The molecule has 0 radical (unpaired) electrons. The van der Waals surface area contributed by atoms with Crippen molar-refractivity contribution in [3.63, 3.8) is 0 Å². The molecule has 2 saturated heterocycles. The molecule has 116 valence electrons. The van der Waals surface area contributed by atoms with Crippen molar-refractivity contribution in [1.29, 1.82) is 0 Å². The van der Waals surface area contributed by atoms with E-state index in [1.807, 2.05) is 23.2 Å². The molecule has 1 N–H and O–H groups in total. The average Bonchev–Trinajstić information content (AvgIpc) is 2.90. The van der Waals surface area contributed by atoms with Gasteiger partial charge in [0.25, 0.3) is 5.91 Å². The Morgan fingerprint density at radius 2 is 2.18 bits per heavy atom. The van der Waals surface area contributed by atoms with E-state index >= 15 is 0 Å². The SMILES string of the molecule is O=C(c1cn(CC2CNC2)c2cccnc12)N1CCOCC1. The molecule has 6 nitrogen and oxygen atoms in total. The molecular weight excluding hydrogens is 280 g/mol. The smallest absolute Gasteiger partial charge is 0.257 e. The van der Waals surface area contributed by atoms with E-state index in [0.717, 1.165) is 30.7 Å². The Morgan fingerprint density at radius 3 is 2.91 bits per heavy atom. The number of carbonyl (C=O) groups excluding carboxylic acids is 1. The standard InChI is InChI=1S/C16H20N4O2/c21-16(19-4-6-22-7-5-19)13-11-20(10-12-8-17-9-12)14-2-1-3-18-15(13)14/h1-3,11-12,17H,4-10H2. The average molecular weight is 300 g/mol. The third kappa shape index (κ3) is 2.38. The molecule has 2 aliphatic rings. The zero-order valence-corrected chi connectivity index (χ0v) is 12.5. The van der Waals surface area contributed by atoms with Crippen LogP contribution in [0.5, 0.6) is 0 Å². The number of hydrogen-bond acceptors (Lipinski definition) is 4. The molecule has 4 heterocycles. The van der Waals surface area contributed by atoms with Crippen LogP contribution in [0.1, 0.15) is 10.4 Å². The first-order chi connectivity index (χ1) is 10.8. The Labute approximate surface area is 129 Å². The third-order valence-electron chi connectivity index (χ3n) is 4.49. The Bertz CT molecular complexity index is 687. The number of amides is 1. The van der Waals surface area contributed by atoms with Crippen molar-refractivity contribution in [2.24, 2.45) is 5.92 Å². The quantitative estimate of drug-likeness (QED) is 0.908. The van der Waals surface area contributed by atoms with Gasteiger partial charge in [-0.15, -0.1) is 0 Å². The van der Waals surface area contributed by atoms with Crippen LogP contribution in [0.4, 0.5) is 0 Å². The second kappa shape index (κ2) is 5.70. The second-order valence-electron chi connectivity index (χ2n) is 6.00. The largest absolute Gasteiger partial charge is 0.378 e. The van der Waals surface area contributed by atoms with Crippen LogP contribution in [0.25, 0.3) is 11.0 Å². The summed E-state index contributed by atoms with van der Waals surface area (Å²) in [6.07, 6.45) is 3.74. The number of ether oxygens (including phenoxy) is 1. The summed E-state index contributed by atoms with van der Waals surface area (Å²) in [5.41, 5.74) is 2.57. The molecule has 2 aromatic rings. The Kier molecular flexibility index (Phi) is 3.56. The minimum atomic E-state index is 0.0671. The molecule has 0 spiro atoms. The molecule has 22 heavy (non-hydrogen) atoms. The van der Waals surface area contributed by atoms with Crippen LogP contribution in [-0.4, -0.2) is 59.8 Å². The minimum absolute atomic E-state index is 0.0671. The number of pyridine rings is 1. The van der Waals surface area contributed by atoms with Gasteiger partial charge in [0.1, 0.15) is 5.52 Å². The van der Waals surface area contributed by atoms with Gasteiger partial charge in [0.2, 0.25) is 0 Å². The van der Waals surface area contributed by atoms with Crippen molar-refractivity contribution in [3.05, 3.63) is 30.1 Å². The van der Waals surface area contributed by atoms with E-state index in [0.29, 0.717) is 37.8 Å². The topological polar surface area (TPSA) is 59.4 Å². The highest BCUT2D eigenvalue weighted by Crippen LogP contribution is 2.23. The fraction of sp³-hybridized carbons (Fsp3) is 0.500. The van der Waals surface area contributed by atoms with E-state index in [1.54, 1.807) is 6.20 Å². The van der Waals surface area contributed by atoms with E-state index in [1.165, 1.54) is 0 Å². The van der Waals surface area contributed by atoms with Crippen molar-refractivity contribution >= 4 is 16.9 Å². The summed E-state index contributed by atoms with van der Waals surface area (Å²) in [7, 11) is 0. The summed E-state index contributed by atoms with van der Waals surface area (Å²) in [5, 5.41) is 3.29. The third-order valence-corrected chi connectivity index (χ3v) is 4.49. The van der Waals surface area contributed by atoms with Crippen LogP contribution in [-0.2, 0) is 11.3 Å². The van der Waals surface area contributed by atoms with Gasteiger partial charge in [-0.25, -0.2) is 0 Å². The monoisotopic (exact) mass is 300 g/mol. The number of carbonyl (C=O) groups is 1. The van der Waals surface area contributed by atoms with Crippen molar-refractivity contribution in [1.82, 2.24) is 19.8 Å². The predicted molar refractivity (Wildman–Crippen MR) is 82.8 cm³/mol. The van der Waals surface area contributed by atoms with Crippen molar-refractivity contribution in [3.8, 4) is 0 Å². The molecule has 0 atom stereocenters. The first kappa shape index (κ1) is 13.7. The van der Waals surface area contributed by atoms with Crippen molar-refractivity contribution in [2.75, 3.05) is 39.4 Å². The van der Waals surface area contributed by atoms with E-state index in [9.17, 15) is 4.79 Å². The van der Waals surface area contributed by atoms with E-state index in [-0.39, 0.29) is 5.91 Å². The van der Waals surface area contributed by atoms with Gasteiger partial charge in [0, 0.05) is 51.0 Å². The van der Waals surface area contributed by atoms with Crippen LogP contribution in [0.3, 0.4) is 0 Å². The van der Waals surface area contributed by atoms with Crippen LogP contribution in [0.2, 0.25) is 0 Å². The molecule has 4 rings (SSSR count). The zero-order chi connectivity index (χ0) is 14.9. The first-order valence-corrected chi connectivity index (χ1v) is 7.84. The number of aromatic nitrogens is 2. The van der Waals surface area contributed by atoms with Gasteiger partial charge in [0.05, 0.1) is 24.3 Å². The molecule has 0 aromatic carbocycles. The van der Waals surface area contributed by atoms with Crippen molar-refractivity contribution in [2.45, 2.75) is 6.54 Å². The number of nitrogens with one attached hydrogen (secondary N) is 1. The number of nitrogens with zero attached hydrogens (tertiary/aromatic N) is 3. The highest BCUT2D eigenvalue weighted by molar-refractivity contribution is 6.05. The summed E-state index contributed by atoms with van der Waals surface area (Å²) in [5.74, 6) is 0.708. The summed E-state index contributed by atoms with van der Waals surface area (Å²) in [6, 6.07) is 3.98. The van der Waals surface area contributed by atoms with Crippen LogP contribution in [0.15, 0.2) is 24.5 Å². The van der Waals surface area contributed by atoms with Gasteiger partial charge in [-0.05, 0) is 12.1 Å². The number of hydrogen-bond donors (Lipinski definition) is 1. The van der Waals surface area contributed by atoms with E-state index < -0.39 is 0 Å². The fourth-order valence-electron chi connectivity index (χ4n) is 3.12. The van der Waals surface area contributed by atoms with Gasteiger partial charge in [0.15, 0.2) is 0 Å². The minimum Gasteiger partial charge on any atom is -0.378 e. The molecule has 2 aliphatic heterocycles. The molecule has 0 aliphatic carbocycles. The van der Waals surface area contributed by atoms with Gasteiger partial charge >= 0.3 is 0 Å². The molecular formula is C16H20N4O2. The second-order valence-corrected chi connectivity index (χ2v) is 6.00. The lowest BCUT2D eigenvalue weighted by Crippen LogP contribution is -2.44. The molecule has 0 saturated carbocycles. The molecule has 1 amide bonds. The highest BCUT2D eigenvalue weighted by atomic mass is 16.5. The predicted octanol–water partition coefficient (Wildman–Crippen LogP) is 0.728.